The molecule has 1 N–H and O–H groups in total. The Bertz CT molecular complexity index is 1760. The minimum atomic E-state index is -1.08. The molecule has 4 aromatic rings. The van der Waals surface area contributed by atoms with Crippen molar-refractivity contribution in [2.45, 2.75) is 57.8 Å². The van der Waals surface area contributed by atoms with E-state index in [-0.39, 0.29) is 35.3 Å². The second-order valence-corrected chi connectivity index (χ2v) is 12.5. The van der Waals surface area contributed by atoms with E-state index in [2.05, 4.69) is 31.2 Å². The van der Waals surface area contributed by atoms with Crippen LogP contribution in [-0.4, -0.2) is 58.8 Å². The van der Waals surface area contributed by atoms with Gasteiger partial charge in [0.1, 0.15) is 12.4 Å². The maximum Gasteiger partial charge on any atom is 0.213 e. The smallest absolute Gasteiger partial charge is 0.213 e. The topological polar surface area (TPSA) is 84.8 Å². The number of piperidine rings is 1. The summed E-state index contributed by atoms with van der Waals surface area (Å²) in [6, 6.07) is 9.00. The van der Waals surface area contributed by atoms with Crippen LogP contribution in [0.2, 0.25) is 0 Å². The van der Waals surface area contributed by atoms with E-state index >= 15 is 0 Å². The Kier molecular flexibility index (Phi) is 8.03. The first-order chi connectivity index (χ1) is 21.9. The standard InChI is InChI=1S/C34H38F2N6O3/c1-21-20-45-34-31(36)28(35)13-27-32(34)42(21)18-24(33(27)43)17-41(16-23-9-10-37-30(12-23)44-2)26-4-3-11-40(19-26)25-7-8-29(39-15-25)38-14-22-5-6-22/h7-10,12-13,15,18,21-22,26H,3-6,11,14,16-17,19-20H2,1-2H3,(H,38,39)/t21?,26-/m0/s1. The Hall–Kier alpha value is -4.25. The number of nitrogens with zero attached hydrogens (tertiary/aromatic N) is 5. The first-order valence-electron chi connectivity index (χ1n) is 15.7. The number of hydrogen-bond donors (Lipinski definition) is 1. The third kappa shape index (κ3) is 6.05. The van der Waals surface area contributed by atoms with Crippen LogP contribution in [0.5, 0.6) is 11.6 Å². The molecule has 9 nitrogen and oxygen atoms in total. The molecule has 3 aliphatic rings. The van der Waals surface area contributed by atoms with Gasteiger partial charge in [-0.3, -0.25) is 9.69 Å². The maximum atomic E-state index is 14.7. The Balaban J connectivity index is 1.20. The van der Waals surface area contributed by atoms with Crippen molar-refractivity contribution in [3.8, 4) is 11.6 Å². The molecular formula is C34H38F2N6O3. The van der Waals surface area contributed by atoms with Crippen LogP contribution in [0.1, 0.15) is 49.8 Å². The molecule has 11 heteroatoms. The number of pyridine rings is 3. The summed E-state index contributed by atoms with van der Waals surface area (Å²) in [5.74, 6) is -0.154. The van der Waals surface area contributed by atoms with Crippen molar-refractivity contribution in [1.29, 1.82) is 0 Å². The summed E-state index contributed by atoms with van der Waals surface area (Å²) in [4.78, 5) is 27.5. The van der Waals surface area contributed by atoms with Gasteiger partial charge in [0, 0.05) is 62.8 Å². The first-order valence-corrected chi connectivity index (χ1v) is 15.7. The van der Waals surface area contributed by atoms with Gasteiger partial charge in [0.25, 0.3) is 0 Å². The zero-order valence-electron chi connectivity index (χ0n) is 25.6. The molecule has 5 heterocycles. The zero-order chi connectivity index (χ0) is 31.1. The second kappa shape index (κ2) is 12.3. The van der Waals surface area contributed by atoms with Gasteiger partial charge in [-0.05, 0) is 68.4 Å². The highest BCUT2D eigenvalue weighted by Gasteiger charge is 2.30. The highest BCUT2D eigenvalue weighted by molar-refractivity contribution is 5.86. The Labute approximate surface area is 260 Å². The summed E-state index contributed by atoms with van der Waals surface area (Å²) in [6.07, 6.45) is 9.97. The number of nitrogens with one attached hydrogen (secondary N) is 1. The van der Waals surface area contributed by atoms with Gasteiger partial charge in [-0.25, -0.2) is 14.4 Å². The summed E-state index contributed by atoms with van der Waals surface area (Å²) in [5.41, 5.74) is 2.59. The lowest BCUT2D eigenvalue weighted by molar-refractivity contribution is 0.157. The molecule has 1 unspecified atom stereocenters. The average Bonchev–Trinajstić information content (AvgIpc) is 3.90. The van der Waals surface area contributed by atoms with Crippen LogP contribution < -0.4 is 25.1 Å². The number of benzene rings is 1. The molecule has 3 aromatic heterocycles. The molecular weight excluding hydrogens is 578 g/mol. The molecule has 45 heavy (non-hydrogen) atoms. The van der Waals surface area contributed by atoms with Crippen molar-refractivity contribution in [1.82, 2.24) is 19.4 Å². The van der Waals surface area contributed by atoms with E-state index in [0.29, 0.717) is 30.0 Å². The molecule has 2 atom stereocenters. The molecule has 1 aliphatic carbocycles. The Morgan fingerprint density at radius 2 is 2.00 bits per heavy atom. The van der Waals surface area contributed by atoms with Gasteiger partial charge in [-0.2, -0.15) is 4.39 Å². The van der Waals surface area contributed by atoms with Gasteiger partial charge in [-0.15, -0.1) is 0 Å². The summed E-state index contributed by atoms with van der Waals surface area (Å²) in [7, 11) is 1.59. The van der Waals surface area contributed by atoms with E-state index in [9.17, 15) is 13.6 Å². The molecule has 0 spiro atoms. The minimum absolute atomic E-state index is 0.114. The number of rotatable bonds is 10. The Morgan fingerprint density at radius 3 is 2.78 bits per heavy atom. The monoisotopic (exact) mass is 616 g/mol. The number of hydrogen-bond acceptors (Lipinski definition) is 8. The van der Waals surface area contributed by atoms with E-state index in [1.54, 1.807) is 19.5 Å². The van der Waals surface area contributed by atoms with Crippen molar-refractivity contribution < 1.29 is 18.3 Å². The molecule has 1 saturated heterocycles. The molecule has 0 radical (unpaired) electrons. The minimum Gasteiger partial charge on any atom is -0.486 e. The fraction of sp³-hybridized carbons (Fsp3) is 0.441. The van der Waals surface area contributed by atoms with E-state index in [1.807, 2.05) is 35.9 Å². The summed E-state index contributed by atoms with van der Waals surface area (Å²) in [5, 5.41) is 3.57. The van der Waals surface area contributed by atoms with Gasteiger partial charge in [0.05, 0.1) is 35.9 Å². The van der Waals surface area contributed by atoms with Gasteiger partial charge in [0.15, 0.2) is 17.0 Å². The van der Waals surface area contributed by atoms with Crippen LogP contribution in [0, 0.1) is 17.6 Å². The van der Waals surface area contributed by atoms with Crippen LogP contribution in [0.3, 0.4) is 0 Å². The van der Waals surface area contributed by atoms with Crippen LogP contribution in [0.4, 0.5) is 20.3 Å². The lowest BCUT2D eigenvalue weighted by Crippen LogP contribution is -2.48. The number of methoxy groups -OCH3 is 1. The number of ether oxygens (including phenoxy) is 2. The third-order valence-electron chi connectivity index (χ3n) is 9.25. The van der Waals surface area contributed by atoms with Gasteiger partial charge < -0.3 is 24.3 Å². The van der Waals surface area contributed by atoms with E-state index in [4.69, 9.17) is 9.47 Å². The molecule has 2 aliphatic heterocycles. The number of halogens is 2. The second-order valence-electron chi connectivity index (χ2n) is 12.5. The zero-order valence-corrected chi connectivity index (χ0v) is 25.6. The molecule has 0 amide bonds. The normalized spacial score (nSPS) is 19.5. The molecule has 1 saturated carbocycles. The Morgan fingerprint density at radius 1 is 1.13 bits per heavy atom. The van der Waals surface area contributed by atoms with Gasteiger partial charge in [0.2, 0.25) is 11.7 Å². The van der Waals surface area contributed by atoms with Gasteiger partial charge in [-0.1, -0.05) is 0 Å². The fourth-order valence-corrected chi connectivity index (χ4v) is 6.53. The van der Waals surface area contributed by atoms with Crippen LogP contribution in [0.25, 0.3) is 10.9 Å². The number of anilines is 2. The third-order valence-corrected chi connectivity index (χ3v) is 9.25. The van der Waals surface area contributed by atoms with E-state index in [0.717, 1.165) is 61.5 Å². The SMILES string of the molecule is COc1cc(CN(Cc2cn3c4c(c(F)c(F)cc4c2=O)OCC3C)[C@H]2CCCN(c3ccc(NCC4CC4)nc3)C2)ccn1. The number of aromatic nitrogens is 3. The van der Waals surface area contributed by atoms with Crippen molar-refractivity contribution in [2.75, 3.05) is 43.6 Å². The first kappa shape index (κ1) is 29.5. The van der Waals surface area contributed by atoms with E-state index in [1.165, 1.54) is 12.8 Å². The quantitative estimate of drug-likeness (QED) is 0.249. The fourth-order valence-electron chi connectivity index (χ4n) is 6.53. The lowest BCUT2D eigenvalue weighted by atomic mass is 10.0. The van der Waals surface area contributed by atoms with Gasteiger partial charge >= 0.3 is 0 Å². The highest BCUT2D eigenvalue weighted by atomic mass is 19.2. The predicted molar refractivity (Wildman–Crippen MR) is 169 cm³/mol. The van der Waals surface area contributed by atoms with Crippen molar-refractivity contribution in [2.24, 2.45) is 5.92 Å². The molecule has 2 fully saturated rings. The van der Waals surface area contributed by atoms with Crippen molar-refractivity contribution in [3.63, 3.8) is 0 Å². The van der Waals surface area contributed by atoms with Crippen molar-refractivity contribution in [3.05, 3.63) is 81.9 Å². The van der Waals surface area contributed by atoms with Crippen LogP contribution in [0.15, 0.2) is 53.7 Å². The molecule has 7 rings (SSSR count). The summed E-state index contributed by atoms with van der Waals surface area (Å²) < 4.78 is 42.1. The predicted octanol–water partition coefficient (Wildman–Crippen LogP) is 5.52. The van der Waals surface area contributed by atoms with Crippen molar-refractivity contribution >= 4 is 22.4 Å². The summed E-state index contributed by atoms with van der Waals surface area (Å²) in [6.45, 7) is 5.66. The summed E-state index contributed by atoms with van der Waals surface area (Å²) >= 11 is 0. The largest absolute Gasteiger partial charge is 0.486 e. The molecule has 0 bridgehead atoms. The van der Waals surface area contributed by atoms with Crippen LogP contribution in [-0.2, 0) is 13.1 Å². The highest BCUT2D eigenvalue weighted by Crippen LogP contribution is 2.36. The maximum absolute atomic E-state index is 14.7. The van der Waals surface area contributed by atoms with E-state index < -0.39 is 11.6 Å². The lowest BCUT2D eigenvalue weighted by Gasteiger charge is -2.40. The average molecular weight is 617 g/mol. The molecule has 236 valence electrons. The van der Waals surface area contributed by atoms with Crippen LogP contribution >= 0.6 is 0 Å². The molecule has 1 aromatic carbocycles.